The molecule has 2 N–H and O–H groups in total. The summed E-state index contributed by atoms with van der Waals surface area (Å²) in [6.07, 6.45) is 4.59. The minimum absolute atomic E-state index is 0. The van der Waals surface area contributed by atoms with Gasteiger partial charge in [-0.1, -0.05) is 47.6 Å². The zero-order chi connectivity index (χ0) is 20.2. The number of fused-ring (bicyclic) bond motifs is 1. The van der Waals surface area contributed by atoms with Crippen LogP contribution in [0.2, 0.25) is 0 Å². The molecule has 1 heterocycles. The minimum Gasteiger partial charge on any atom is -0.362 e. The van der Waals surface area contributed by atoms with E-state index in [1.807, 2.05) is 26.2 Å². The Balaban J connectivity index is 0.00000256. The molecule has 3 aromatic rings. The third-order valence-corrected chi connectivity index (χ3v) is 6.04. The summed E-state index contributed by atoms with van der Waals surface area (Å²) in [6, 6.07) is 17.7. The monoisotopic (exact) mass is 469 g/mol. The molecule has 4 rings (SSSR count). The molecule has 0 amide bonds. The van der Waals surface area contributed by atoms with E-state index in [0.29, 0.717) is 12.1 Å². The van der Waals surface area contributed by atoms with Crippen molar-refractivity contribution in [3.05, 3.63) is 58.6 Å². The standard InChI is InChI=1S/C23H28BrN5.CH4/c1-29(2)22-20-8-3-4-9-21(20)27-23(28-22)26-19-12-10-18(11-13-19)25-15-16-6-5-7-17(24)14-16;/h3-9,14,18-19,25H,10-13,15H2,1-2H3,(H,26,27,28);1H4. The molecule has 1 aliphatic carbocycles. The number of halogens is 1. The Morgan fingerprint density at radius 2 is 1.70 bits per heavy atom. The number of benzene rings is 2. The Labute approximate surface area is 188 Å². The second kappa shape index (κ2) is 10.2. The van der Waals surface area contributed by atoms with E-state index >= 15 is 0 Å². The van der Waals surface area contributed by atoms with E-state index in [-0.39, 0.29) is 7.43 Å². The van der Waals surface area contributed by atoms with Gasteiger partial charge in [0.05, 0.1) is 5.52 Å². The third-order valence-electron chi connectivity index (χ3n) is 5.55. The summed E-state index contributed by atoms with van der Waals surface area (Å²) in [7, 11) is 4.06. The topological polar surface area (TPSA) is 53.1 Å². The quantitative estimate of drug-likeness (QED) is 0.491. The Bertz CT molecular complexity index is 967. The third kappa shape index (κ3) is 5.49. The van der Waals surface area contributed by atoms with Crippen LogP contribution in [0.5, 0.6) is 0 Å². The van der Waals surface area contributed by atoms with E-state index in [9.17, 15) is 0 Å². The lowest BCUT2D eigenvalue weighted by molar-refractivity contribution is 0.352. The van der Waals surface area contributed by atoms with Crippen LogP contribution in [0.3, 0.4) is 0 Å². The van der Waals surface area contributed by atoms with E-state index in [1.54, 1.807) is 0 Å². The minimum atomic E-state index is 0. The van der Waals surface area contributed by atoms with Gasteiger partial charge in [-0.15, -0.1) is 0 Å². The van der Waals surface area contributed by atoms with Gasteiger partial charge in [0, 0.05) is 42.6 Å². The lowest BCUT2D eigenvalue weighted by atomic mass is 9.91. The molecule has 0 spiro atoms. The van der Waals surface area contributed by atoms with Crippen molar-refractivity contribution in [2.24, 2.45) is 0 Å². The average molecular weight is 470 g/mol. The number of aromatic nitrogens is 2. The highest BCUT2D eigenvalue weighted by atomic mass is 79.9. The van der Waals surface area contributed by atoms with Crippen molar-refractivity contribution in [2.75, 3.05) is 24.3 Å². The van der Waals surface area contributed by atoms with E-state index in [4.69, 9.17) is 9.97 Å². The molecule has 1 saturated carbocycles. The zero-order valence-corrected chi connectivity index (χ0v) is 18.6. The van der Waals surface area contributed by atoms with Gasteiger partial charge < -0.3 is 15.5 Å². The summed E-state index contributed by atoms with van der Waals surface area (Å²) in [4.78, 5) is 11.6. The largest absolute Gasteiger partial charge is 0.362 e. The van der Waals surface area contributed by atoms with Crippen LogP contribution in [0.1, 0.15) is 38.7 Å². The van der Waals surface area contributed by atoms with Crippen LogP contribution in [0.4, 0.5) is 11.8 Å². The molecule has 1 fully saturated rings. The summed E-state index contributed by atoms with van der Waals surface area (Å²) < 4.78 is 1.14. The highest BCUT2D eigenvalue weighted by Gasteiger charge is 2.22. The molecule has 0 radical (unpaired) electrons. The van der Waals surface area contributed by atoms with Gasteiger partial charge in [0.15, 0.2) is 0 Å². The number of nitrogens with one attached hydrogen (secondary N) is 2. The van der Waals surface area contributed by atoms with Gasteiger partial charge in [-0.2, -0.15) is 4.98 Å². The smallest absolute Gasteiger partial charge is 0.225 e. The van der Waals surface area contributed by atoms with Crippen LogP contribution < -0.4 is 15.5 Å². The molecule has 0 atom stereocenters. The molecule has 0 aliphatic heterocycles. The second-order valence-electron chi connectivity index (χ2n) is 7.99. The summed E-state index contributed by atoms with van der Waals surface area (Å²) in [5, 5.41) is 8.39. The normalized spacial score (nSPS) is 18.6. The number of hydrogen-bond acceptors (Lipinski definition) is 5. The van der Waals surface area contributed by atoms with Crippen molar-refractivity contribution in [1.82, 2.24) is 15.3 Å². The fraction of sp³-hybridized carbons (Fsp3) is 0.417. The molecule has 2 aromatic carbocycles. The second-order valence-corrected chi connectivity index (χ2v) is 8.90. The van der Waals surface area contributed by atoms with Gasteiger partial charge in [0.25, 0.3) is 0 Å². The summed E-state index contributed by atoms with van der Waals surface area (Å²) in [6.45, 7) is 0.919. The predicted molar refractivity (Wildman–Crippen MR) is 131 cm³/mol. The van der Waals surface area contributed by atoms with Crippen LogP contribution >= 0.6 is 15.9 Å². The Hall–Kier alpha value is -2.18. The molecule has 0 unspecified atom stereocenters. The molecule has 0 bridgehead atoms. The number of nitrogens with zero attached hydrogens (tertiary/aromatic N) is 3. The van der Waals surface area contributed by atoms with Gasteiger partial charge in [0.1, 0.15) is 5.82 Å². The molecule has 1 aliphatic rings. The predicted octanol–water partition coefficient (Wildman–Crippen LogP) is 5.61. The van der Waals surface area contributed by atoms with Crippen molar-refractivity contribution in [3.63, 3.8) is 0 Å². The number of para-hydroxylation sites is 1. The van der Waals surface area contributed by atoms with Crippen LogP contribution in [0.25, 0.3) is 10.9 Å². The first kappa shape index (κ1) is 22.5. The summed E-state index contributed by atoms with van der Waals surface area (Å²) >= 11 is 3.55. The molecule has 5 nitrogen and oxygen atoms in total. The van der Waals surface area contributed by atoms with Crippen LogP contribution in [-0.4, -0.2) is 36.1 Å². The Kier molecular flexibility index (Phi) is 7.67. The van der Waals surface area contributed by atoms with Crippen molar-refractivity contribution in [2.45, 2.75) is 51.7 Å². The molecule has 1 aromatic heterocycles. The molecule has 160 valence electrons. The molecular formula is C24H32BrN5. The number of anilines is 2. The molecule has 0 saturated heterocycles. The highest BCUT2D eigenvalue weighted by molar-refractivity contribution is 9.10. The summed E-state index contributed by atoms with van der Waals surface area (Å²) in [5.74, 6) is 1.69. The maximum atomic E-state index is 4.78. The van der Waals surface area contributed by atoms with Crippen molar-refractivity contribution >= 4 is 38.6 Å². The van der Waals surface area contributed by atoms with Gasteiger partial charge >= 0.3 is 0 Å². The first-order valence-corrected chi connectivity index (χ1v) is 11.1. The maximum absolute atomic E-state index is 4.78. The number of hydrogen-bond donors (Lipinski definition) is 2. The zero-order valence-electron chi connectivity index (χ0n) is 17.0. The lowest BCUT2D eigenvalue weighted by Crippen LogP contribution is -2.37. The van der Waals surface area contributed by atoms with Gasteiger partial charge in [-0.3, -0.25) is 0 Å². The summed E-state index contributed by atoms with van der Waals surface area (Å²) in [5.41, 5.74) is 2.30. The first-order chi connectivity index (χ1) is 14.1. The Morgan fingerprint density at radius 1 is 0.967 bits per heavy atom. The molecular weight excluding hydrogens is 438 g/mol. The van der Waals surface area contributed by atoms with Crippen LogP contribution in [-0.2, 0) is 6.54 Å². The average Bonchev–Trinajstić information content (AvgIpc) is 2.72. The lowest BCUT2D eigenvalue weighted by Gasteiger charge is -2.30. The molecule has 6 heteroatoms. The van der Waals surface area contributed by atoms with Gasteiger partial charge in [-0.25, -0.2) is 4.98 Å². The van der Waals surface area contributed by atoms with E-state index in [2.05, 4.69) is 67.9 Å². The first-order valence-electron chi connectivity index (χ1n) is 10.3. The highest BCUT2D eigenvalue weighted by Crippen LogP contribution is 2.26. The maximum Gasteiger partial charge on any atom is 0.225 e. The van der Waals surface area contributed by atoms with Crippen LogP contribution in [0.15, 0.2) is 53.0 Å². The van der Waals surface area contributed by atoms with Gasteiger partial charge in [0.2, 0.25) is 5.95 Å². The van der Waals surface area contributed by atoms with Crippen molar-refractivity contribution in [3.8, 4) is 0 Å². The fourth-order valence-electron chi connectivity index (χ4n) is 4.00. The van der Waals surface area contributed by atoms with E-state index in [0.717, 1.165) is 46.5 Å². The van der Waals surface area contributed by atoms with Gasteiger partial charge in [-0.05, 0) is 55.5 Å². The number of rotatable bonds is 6. The Morgan fingerprint density at radius 3 is 2.43 bits per heavy atom. The van der Waals surface area contributed by atoms with Crippen molar-refractivity contribution in [1.29, 1.82) is 0 Å². The van der Waals surface area contributed by atoms with E-state index in [1.165, 1.54) is 18.4 Å². The SMILES string of the molecule is C.CN(C)c1nc(NC2CCC(NCc3cccc(Br)c3)CC2)nc2ccccc12. The fourth-order valence-corrected chi connectivity index (χ4v) is 4.45. The van der Waals surface area contributed by atoms with E-state index < -0.39 is 0 Å². The van der Waals surface area contributed by atoms with Crippen LogP contribution in [0, 0.1) is 0 Å². The van der Waals surface area contributed by atoms with Crippen molar-refractivity contribution < 1.29 is 0 Å². The molecule has 30 heavy (non-hydrogen) atoms.